The van der Waals surface area contributed by atoms with Crippen molar-refractivity contribution in [2.24, 2.45) is 4.99 Å². The van der Waals surface area contributed by atoms with Crippen molar-refractivity contribution in [3.63, 3.8) is 0 Å². The van der Waals surface area contributed by atoms with Crippen molar-refractivity contribution in [3.05, 3.63) is 60.2 Å². The van der Waals surface area contributed by atoms with Gasteiger partial charge in [0.15, 0.2) is 15.0 Å². The molecule has 0 bridgehead atoms. The number of nitrogens with zero attached hydrogens (tertiary/aromatic N) is 3. The fourth-order valence-electron chi connectivity index (χ4n) is 4.95. The predicted molar refractivity (Wildman–Crippen MR) is 162 cm³/mol. The zero-order valence-corrected chi connectivity index (χ0v) is 25.3. The van der Waals surface area contributed by atoms with Crippen LogP contribution in [-0.4, -0.2) is 73.1 Å². The van der Waals surface area contributed by atoms with Gasteiger partial charge in [-0.15, -0.1) is 0 Å². The summed E-state index contributed by atoms with van der Waals surface area (Å²) in [4.78, 5) is 34.8. The van der Waals surface area contributed by atoms with Crippen LogP contribution in [0.25, 0.3) is 0 Å². The van der Waals surface area contributed by atoms with Crippen LogP contribution in [0, 0.1) is 0 Å². The third-order valence-corrected chi connectivity index (χ3v) is 10.0. The molecule has 2 aromatic rings. The number of carbonyl (C=O) groups is 2. The SMILES string of the molecule is CCN(CC)c1ccc(N2C(=NC(=O)[C@H](Cc3ccccc3)NC(=O)OC(C)(C)C)S[C@H]3CS(=O)(=O)C[C@@H]32)cc1. The van der Waals surface area contributed by atoms with Gasteiger partial charge in [-0.3, -0.25) is 4.79 Å². The number of rotatable bonds is 8. The summed E-state index contributed by atoms with van der Waals surface area (Å²) in [5, 5.41) is 2.91. The van der Waals surface area contributed by atoms with Crippen molar-refractivity contribution in [2.75, 3.05) is 34.4 Å². The van der Waals surface area contributed by atoms with Crippen LogP contribution in [0.4, 0.5) is 16.2 Å². The maximum Gasteiger partial charge on any atom is 0.408 e. The van der Waals surface area contributed by atoms with Gasteiger partial charge in [-0.25, -0.2) is 13.2 Å². The average Bonchev–Trinajstić information content (AvgIpc) is 3.35. The number of fused-ring (bicyclic) bond motifs is 1. The number of nitrogens with one attached hydrogen (secondary N) is 1. The molecule has 0 spiro atoms. The number of sulfone groups is 1. The molecule has 2 fully saturated rings. The van der Waals surface area contributed by atoms with Crippen molar-refractivity contribution < 1.29 is 22.7 Å². The summed E-state index contributed by atoms with van der Waals surface area (Å²) >= 11 is 1.31. The molecular weight excluding hydrogens is 548 g/mol. The third-order valence-electron chi connectivity index (χ3n) is 6.80. The lowest BCUT2D eigenvalue weighted by Crippen LogP contribution is -2.45. The highest BCUT2D eigenvalue weighted by Gasteiger charge is 2.49. The van der Waals surface area contributed by atoms with Crippen molar-refractivity contribution >= 4 is 50.1 Å². The summed E-state index contributed by atoms with van der Waals surface area (Å²) in [6, 6.07) is 16.0. The van der Waals surface area contributed by atoms with Crippen LogP contribution < -0.4 is 15.1 Å². The molecule has 9 nitrogen and oxygen atoms in total. The van der Waals surface area contributed by atoms with Crippen molar-refractivity contribution in [3.8, 4) is 0 Å². The Hall–Kier alpha value is -3.05. The Labute approximate surface area is 241 Å². The second-order valence-corrected chi connectivity index (χ2v) is 14.3. The average molecular weight is 587 g/mol. The Morgan fingerprint density at radius 1 is 1.07 bits per heavy atom. The van der Waals surface area contributed by atoms with E-state index in [-0.39, 0.29) is 29.2 Å². The van der Waals surface area contributed by atoms with Gasteiger partial charge in [0.2, 0.25) is 0 Å². The summed E-state index contributed by atoms with van der Waals surface area (Å²) in [5.41, 5.74) is 1.98. The Bertz CT molecular complexity index is 1340. The molecule has 2 aromatic carbocycles. The minimum atomic E-state index is -3.20. The highest BCUT2D eigenvalue weighted by atomic mass is 32.2. The number of amidine groups is 1. The molecule has 40 heavy (non-hydrogen) atoms. The van der Waals surface area contributed by atoms with Crippen LogP contribution in [0.1, 0.15) is 40.2 Å². The van der Waals surface area contributed by atoms with Crippen molar-refractivity contribution in [2.45, 2.75) is 64.0 Å². The second kappa shape index (κ2) is 12.2. The molecule has 216 valence electrons. The Balaban J connectivity index is 1.65. The number of hydrogen-bond donors (Lipinski definition) is 1. The molecule has 2 saturated heterocycles. The lowest BCUT2D eigenvalue weighted by molar-refractivity contribution is -0.119. The highest BCUT2D eigenvalue weighted by molar-refractivity contribution is 8.16. The van der Waals surface area contributed by atoms with Crippen LogP contribution >= 0.6 is 11.8 Å². The number of aliphatic imine (C=N–C) groups is 1. The van der Waals surface area contributed by atoms with E-state index in [0.717, 1.165) is 30.0 Å². The van der Waals surface area contributed by atoms with E-state index in [0.29, 0.717) is 5.17 Å². The molecule has 2 heterocycles. The standard InChI is InChI=1S/C29H38N4O5S2/c1-6-32(7-2)21-13-15-22(16-14-21)33-24-18-40(36,37)19-25(24)39-27(33)31-26(34)23(17-20-11-9-8-10-12-20)30-28(35)38-29(3,4)5/h8-16,23-25H,6-7,17-19H2,1-5H3,(H,30,35)/t23-,24-,25-/m0/s1. The first-order valence-electron chi connectivity index (χ1n) is 13.6. The molecule has 0 aromatic heterocycles. The number of benzene rings is 2. The maximum absolute atomic E-state index is 13.6. The molecule has 2 aliphatic rings. The lowest BCUT2D eigenvalue weighted by Gasteiger charge is -2.27. The fraction of sp³-hybridized carbons (Fsp3) is 0.483. The number of carbonyl (C=O) groups excluding carboxylic acids is 2. The quantitative estimate of drug-likeness (QED) is 0.489. The van der Waals surface area contributed by atoms with Gasteiger partial charge in [-0.05, 0) is 64.4 Å². The summed E-state index contributed by atoms with van der Waals surface area (Å²) in [6.45, 7) is 11.2. The molecule has 3 atom stereocenters. The summed E-state index contributed by atoms with van der Waals surface area (Å²) in [7, 11) is -3.20. The van der Waals surface area contributed by atoms with Gasteiger partial charge in [0.05, 0.1) is 17.5 Å². The van der Waals surface area contributed by atoms with E-state index in [1.54, 1.807) is 20.8 Å². The largest absolute Gasteiger partial charge is 0.444 e. The number of ether oxygens (including phenoxy) is 1. The third kappa shape index (κ3) is 7.37. The fourth-order valence-corrected chi connectivity index (χ4v) is 8.87. The van der Waals surface area contributed by atoms with Crippen LogP contribution in [0.5, 0.6) is 0 Å². The van der Waals surface area contributed by atoms with Gasteiger partial charge in [-0.1, -0.05) is 42.1 Å². The van der Waals surface area contributed by atoms with E-state index in [4.69, 9.17) is 4.74 Å². The van der Waals surface area contributed by atoms with E-state index >= 15 is 0 Å². The Kier molecular flexibility index (Phi) is 9.14. The first-order chi connectivity index (χ1) is 18.9. The van der Waals surface area contributed by atoms with E-state index < -0.39 is 33.5 Å². The number of hydrogen-bond acceptors (Lipinski definition) is 7. The molecule has 1 N–H and O–H groups in total. The lowest BCUT2D eigenvalue weighted by atomic mass is 10.1. The zero-order valence-electron chi connectivity index (χ0n) is 23.7. The number of thioether (sulfide) groups is 1. The van der Waals surface area contributed by atoms with Crippen molar-refractivity contribution in [1.29, 1.82) is 0 Å². The first-order valence-corrected chi connectivity index (χ1v) is 16.3. The van der Waals surface area contributed by atoms with Crippen LogP contribution in [-0.2, 0) is 25.8 Å². The smallest absolute Gasteiger partial charge is 0.408 e. The highest BCUT2D eigenvalue weighted by Crippen LogP contribution is 2.41. The molecule has 0 unspecified atom stereocenters. The molecular formula is C29H38N4O5S2. The summed E-state index contributed by atoms with van der Waals surface area (Å²) in [5.74, 6) is -0.489. The monoisotopic (exact) mass is 586 g/mol. The minimum absolute atomic E-state index is 0.000718. The molecule has 2 amide bonds. The topological polar surface area (TPSA) is 108 Å². The summed E-state index contributed by atoms with van der Waals surface area (Å²) in [6.07, 6.45) is -0.465. The molecule has 0 saturated carbocycles. The van der Waals surface area contributed by atoms with Gasteiger partial charge in [0.1, 0.15) is 11.6 Å². The minimum Gasteiger partial charge on any atom is -0.444 e. The van der Waals surface area contributed by atoms with Gasteiger partial charge >= 0.3 is 6.09 Å². The normalized spacial score (nSPS) is 21.6. The van der Waals surface area contributed by atoms with Gasteiger partial charge < -0.3 is 19.9 Å². The molecule has 0 aliphatic carbocycles. The van der Waals surface area contributed by atoms with Gasteiger partial charge in [-0.2, -0.15) is 4.99 Å². The molecule has 11 heteroatoms. The van der Waals surface area contributed by atoms with Gasteiger partial charge in [0, 0.05) is 36.1 Å². The Morgan fingerprint density at radius 2 is 1.73 bits per heavy atom. The van der Waals surface area contributed by atoms with Gasteiger partial charge in [0.25, 0.3) is 5.91 Å². The van der Waals surface area contributed by atoms with E-state index in [1.807, 2.05) is 59.5 Å². The predicted octanol–water partition coefficient (Wildman–Crippen LogP) is 4.27. The van der Waals surface area contributed by atoms with Crippen LogP contribution in [0.3, 0.4) is 0 Å². The maximum atomic E-state index is 13.6. The molecule has 4 rings (SSSR count). The van der Waals surface area contributed by atoms with E-state index in [2.05, 4.69) is 29.1 Å². The first kappa shape index (κ1) is 29.9. The number of amides is 2. The van der Waals surface area contributed by atoms with Crippen LogP contribution in [0.15, 0.2) is 59.6 Å². The van der Waals surface area contributed by atoms with E-state index in [1.165, 1.54) is 11.8 Å². The second-order valence-electron chi connectivity index (χ2n) is 11.0. The number of anilines is 2. The molecule has 0 radical (unpaired) electrons. The number of alkyl carbamates (subject to hydrolysis) is 1. The van der Waals surface area contributed by atoms with E-state index in [9.17, 15) is 18.0 Å². The molecule has 2 aliphatic heterocycles. The Morgan fingerprint density at radius 3 is 2.33 bits per heavy atom. The summed E-state index contributed by atoms with van der Waals surface area (Å²) < 4.78 is 30.4. The van der Waals surface area contributed by atoms with Crippen molar-refractivity contribution in [1.82, 2.24) is 5.32 Å². The van der Waals surface area contributed by atoms with Crippen LogP contribution in [0.2, 0.25) is 0 Å². The zero-order chi connectivity index (χ0) is 29.1.